The molecule has 0 aromatic heterocycles. The summed E-state index contributed by atoms with van der Waals surface area (Å²) in [4.78, 5) is 23.6. The second kappa shape index (κ2) is 8.82. The van der Waals surface area contributed by atoms with Crippen molar-refractivity contribution < 1.29 is 23.8 Å². The van der Waals surface area contributed by atoms with Gasteiger partial charge in [-0.3, -0.25) is 4.79 Å². The Morgan fingerprint density at radius 1 is 1.08 bits per heavy atom. The molecule has 1 aromatic carbocycles. The lowest BCUT2D eigenvalue weighted by molar-refractivity contribution is -0.158. The van der Waals surface area contributed by atoms with Crippen LogP contribution in [0.4, 0.5) is 4.79 Å². The van der Waals surface area contributed by atoms with Crippen molar-refractivity contribution in [2.45, 2.75) is 44.1 Å². The number of alkyl carbamates (subject to hydrolysis) is 1. The van der Waals surface area contributed by atoms with Gasteiger partial charge in [-0.25, -0.2) is 4.79 Å². The average molecular weight is 348 g/mol. The van der Waals surface area contributed by atoms with Crippen LogP contribution in [0.3, 0.4) is 0 Å². The Hall–Kier alpha value is -2.12. The molecule has 1 aromatic rings. The van der Waals surface area contributed by atoms with Gasteiger partial charge in [0, 0.05) is 6.04 Å². The molecule has 136 valence electrons. The number of carbonyl (C=O) groups is 2. The van der Waals surface area contributed by atoms with Gasteiger partial charge in [0.05, 0.1) is 25.4 Å². The summed E-state index contributed by atoms with van der Waals surface area (Å²) in [5.74, 6) is -0.225. The molecule has 0 bridgehead atoms. The maximum Gasteiger partial charge on any atom is 0.407 e. The molecule has 1 aliphatic carbocycles. The molecule has 0 unspecified atom stereocenters. The minimum atomic E-state index is -0.605. The van der Waals surface area contributed by atoms with Gasteiger partial charge < -0.3 is 24.8 Å². The third-order valence-electron chi connectivity index (χ3n) is 4.45. The molecule has 3 atom stereocenters. The van der Waals surface area contributed by atoms with Crippen LogP contribution in [0.2, 0.25) is 0 Å². The Morgan fingerprint density at radius 3 is 2.64 bits per heavy atom. The first kappa shape index (κ1) is 17.7. The van der Waals surface area contributed by atoms with Crippen LogP contribution in [0.5, 0.6) is 0 Å². The van der Waals surface area contributed by atoms with Gasteiger partial charge in [-0.1, -0.05) is 30.3 Å². The fraction of sp³-hybridized carbons (Fsp3) is 0.556. The number of hydrogen-bond donors (Lipinski definition) is 2. The smallest absolute Gasteiger partial charge is 0.407 e. The van der Waals surface area contributed by atoms with E-state index in [0.29, 0.717) is 13.2 Å². The van der Waals surface area contributed by atoms with Crippen LogP contribution in [-0.2, 0) is 25.6 Å². The largest absolute Gasteiger partial charge is 0.445 e. The predicted molar refractivity (Wildman–Crippen MR) is 89.9 cm³/mol. The van der Waals surface area contributed by atoms with Crippen molar-refractivity contribution in [1.82, 2.24) is 10.6 Å². The highest BCUT2D eigenvalue weighted by atomic mass is 16.6. The number of amides is 2. The molecule has 0 spiro atoms. The van der Waals surface area contributed by atoms with Crippen molar-refractivity contribution >= 4 is 12.0 Å². The van der Waals surface area contributed by atoms with Crippen LogP contribution in [0.25, 0.3) is 0 Å². The Labute approximate surface area is 147 Å². The van der Waals surface area contributed by atoms with E-state index in [1.807, 2.05) is 30.3 Å². The van der Waals surface area contributed by atoms with Crippen molar-refractivity contribution in [3.8, 4) is 0 Å². The summed E-state index contributed by atoms with van der Waals surface area (Å²) in [5, 5.41) is 5.41. The molecule has 1 aliphatic heterocycles. The standard InChI is InChI=1S/C18H24N2O5/c21-17(11-19-18(22)25-12-13-4-2-1-3-5-13)20-14-6-7-15-16(10-14)24-9-8-23-15/h1-5,14-16H,6-12H2,(H,19,22)(H,20,21)/t14-,15+,16+/m1/s1. The molecule has 2 amide bonds. The highest BCUT2D eigenvalue weighted by Gasteiger charge is 2.34. The van der Waals surface area contributed by atoms with E-state index >= 15 is 0 Å². The number of benzene rings is 1. The highest BCUT2D eigenvalue weighted by molar-refractivity contribution is 5.82. The third-order valence-corrected chi connectivity index (χ3v) is 4.45. The van der Waals surface area contributed by atoms with E-state index in [4.69, 9.17) is 14.2 Å². The number of fused-ring (bicyclic) bond motifs is 1. The molecule has 25 heavy (non-hydrogen) atoms. The lowest BCUT2D eigenvalue weighted by Gasteiger charge is -2.39. The molecular formula is C18H24N2O5. The quantitative estimate of drug-likeness (QED) is 0.839. The van der Waals surface area contributed by atoms with E-state index in [9.17, 15) is 9.59 Å². The fourth-order valence-corrected chi connectivity index (χ4v) is 3.20. The summed E-state index contributed by atoms with van der Waals surface area (Å²) < 4.78 is 16.4. The van der Waals surface area contributed by atoms with E-state index in [1.54, 1.807) is 0 Å². The first-order chi connectivity index (χ1) is 12.2. The molecule has 0 radical (unpaired) electrons. The Morgan fingerprint density at radius 2 is 1.84 bits per heavy atom. The SMILES string of the molecule is O=C(CNC(=O)OCc1ccccc1)N[C@@H]1CC[C@@H]2OCCO[C@H]2C1. The van der Waals surface area contributed by atoms with Gasteiger partial charge in [-0.05, 0) is 24.8 Å². The molecule has 2 fully saturated rings. The van der Waals surface area contributed by atoms with Gasteiger partial charge in [0.15, 0.2) is 0 Å². The minimum Gasteiger partial charge on any atom is -0.445 e. The Balaban J connectivity index is 1.33. The number of hydrogen-bond acceptors (Lipinski definition) is 5. The van der Waals surface area contributed by atoms with Gasteiger partial charge in [0.1, 0.15) is 13.2 Å². The van der Waals surface area contributed by atoms with Gasteiger partial charge in [0.2, 0.25) is 5.91 Å². The zero-order valence-electron chi connectivity index (χ0n) is 14.1. The number of ether oxygens (including phenoxy) is 3. The molecule has 2 N–H and O–H groups in total. The summed E-state index contributed by atoms with van der Waals surface area (Å²) in [6.45, 7) is 1.33. The van der Waals surface area contributed by atoms with Gasteiger partial charge in [-0.15, -0.1) is 0 Å². The molecule has 2 aliphatic rings. The van der Waals surface area contributed by atoms with Crippen LogP contribution in [0.1, 0.15) is 24.8 Å². The van der Waals surface area contributed by atoms with Crippen molar-refractivity contribution in [2.75, 3.05) is 19.8 Å². The minimum absolute atomic E-state index is 0.0524. The lowest BCUT2D eigenvalue weighted by Crippen LogP contribution is -2.50. The van der Waals surface area contributed by atoms with Crippen LogP contribution in [-0.4, -0.2) is 50.0 Å². The molecule has 1 saturated carbocycles. The molecule has 7 heteroatoms. The summed E-state index contributed by atoms with van der Waals surface area (Å²) in [5.41, 5.74) is 0.897. The van der Waals surface area contributed by atoms with E-state index < -0.39 is 6.09 Å². The average Bonchev–Trinajstić information content (AvgIpc) is 2.65. The zero-order chi connectivity index (χ0) is 17.5. The molecule has 1 heterocycles. The number of carbonyl (C=O) groups excluding carboxylic acids is 2. The van der Waals surface area contributed by atoms with Crippen molar-refractivity contribution in [1.29, 1.82) is 0 Å². The number of nitrogens with one attached hydrogen (secondary N) is 2. The van der Waals surface area contributed by atoms with E-state index in [-0.39, 0.29) is 37.3 Å². The van der Waals surface area contributed by atoms with Crippen LogP contribution in [0.15, 0.2) is 30.3 Å². The van der Waals surface area contributed by atoms with Crippen molar-refractivity contribution in [3.05, 3.63) is 35.9 Å². The molecule has 3 rings (SSSR count). The topological polar surface area (TPSA) is 85.9 Å². The summed E-state index contributed by atoms with van der Waals surface area (Å²) in [6, 6.07) is 9.43. The van der Waals surface area contributed by atoms with Crippen molar-refractivity contribution in [3.63, 3.8) is 0 Å². The van der Waals surface area contributed by atoms with Crippen LogP contribution >= 0.6 is 0 Å². The first-order valence-corrected chi connectivity index (χ1v) is 8.68. The van der Waals surface area contributed by atoms with Crippen LogP contribution in [0, 0.1) is 0 Å². The zero-order valence-corrected chi connectivity index (χ0v) is 14.1. The van der Waals surface area contributed by atoms with E-state index in [2.05, 4.69) is 10.6 Å². The predicted octanol–water partition coefficient (Wildman–Crippen LogP) is 1.37. The van der Waals surface area contributed by atoms with E-state index in [1.165, 1.54) is 0 Å². The maximum atomic E-state index is 12.0. The Kier molecular flexibility index (Phi) is 6.25. The highest BCUT2D eigenvalue weighted by Crippen LogP contribution is 2.26. The second-order valence-electron chi connectivity index (χ2n) is 6.31. The summed E-state index contributed by atoms with van der Waals surface area (Å²) >= 11 is 0. The van der Waals surface area contributed by atoms with Crippen molar-refractivity contribution in [2.24, 2.45) is 0 Å². The van der Waals surface area contributed by atoms with Gasteiger partial charge in [0.25, 0.3) is 0 Å². The summed E-state index contributed by atoms with van der Waals surface area (Å²) in [6.07, 6.45) is 2.07. The van der Waals surface area contributed by atoms with Gasteiger partial charge in [-0.2, -0.15) is 0 Å². The Bertz CT molecular complexity index is 580. The lowest BCUT2D eigenvalue weighted by atomic mass is 9.89. The number of rotatable bonds is 5. The monoisotopic (exact) mass is 348 g/mol. The van der Waals surface area contributed by atoms with Gasteiger partial charge >= 0.3 is 6.09 Å². The van der Waals surface area contributed by atoms with E-state index in [0.717, 1.165) is 24.8 Å². The molecule has 7 nitrogen and oxygen atoms in total. The molecule has 1 saturated heterocycles. The molecular weight excluding hydrogens is 324 g/mol. The first-order valence-electron chi connectivity index (χ1n) is 8.68. The third kappa shape index (κ3) is 5.44. The second-order valence-corrected chi connectivity index (χ2v) is 6.31. The van der Waals surface area contributed by atoms with Crippen LogP contribution < -0.4 is 10.6 Å². The normalized spacial score (nSPS) is 25.5. The summed E-state index contributed by atoms with van der Waals surface area (Å²) in [7, 11) is 0. The maximum absolute atomic E-state index is 12.0. The fourth-order valence-electron chi connectivity index (χ4n) is 3.20.